The molecule has 1 atom stereocenters. The van der Waals surface area contributed by atoms with Crippen LogP contribution in [0.1, 0.15) is 20.8 Å². The number of nitrogens with one attached hydrogen (secondary N) is 2. The Balaban J connectivity index is 2.05. The van der Waals surface area contributed by atoms with E-state index in [0.717, 1.165) is 0 Å². The highest BCUT2D eigenvalue weighted by atomic mass is 35.5. The molecule has 0 spiro atoms. The van der Waals surface area contributed by atoms with Gasteiger partial charge >= 0.3 is 0 Å². The summed E-state index contributed by atoms with van der Waals surface area (Å²) in [7, 11) is -3.84. The van der Waals surface area contributed by atoms with Gasteiger partial charge in [-0.2, -0.15) is 0 Å². The molecular formula is C19H22Cl2N2O4S. The van der Waals surface area contributed by atoms with Gasteiger partial charge in [0.1, 0.15) is 5.75 Å². The van der Waals surface area contributed by atoms with E-state index in [0.29, 0.717) is 23.2 Å². The van der Waals surface area contributed by atoms with Crippen LogP contribution in [0.3, 0.4) is 0 Å². The Morgan fingerprint density at radius 1 is 1.07 bits per heavy atom. The van der Waals surface area contributed by atoms with Gasteiger partial charge in [-0.05, 0) is 55.3 Å². The van der Waals surface area contributed by atoms with Crippen molar-refractivity contribution < 1.29 is 17.9 Å². The number of sulfonamides is 1. The Morgan fingerprint density at radius 3 is 2.29 bits per heavy atom. The molecule has 2 rings (SSSR count). The molecule has 0 unspecified atom stereocenters. The molecule has 6 nitrogen and oxygen atoms in total. The summed E-state index contributed by atoms with van der Waals surface area (Å²) in [5.41, 5.74) is 0.224. The number of anilines is 1. The minimum atomic E-state index is -3.84. The summed E-state index contributed by atoms with van der Waals surface area (Å²) in [5.74, 6) is 0.488. The maximum Gasteiger partial charge on any atom is 0.261 e. The van der Waals surface area contributed by atoms with Crippen LogP contribution in [-0.4, -0.2) is 27.0 Å². The van der Waals surface area contributed by atoms with Crippen LogP contribution in [0.4, 0.5) is 5.69 Å². The van der Waals surface area contributed by atoms with Crippen LogP contribution < -0.4 is 14.8 Å². The fraction of sp³-hybridized carbons (Fsp3) is 0.316. The van der Waals surface area contributed by atoms with Crippen LogP contribution in [0.15, 0.2) is 47.4 Å². The second kappa shape index (κ2) is 9.49. The van der Waals surface area contributed by atoms with Crippen LogP contribution >= 0.6 is 23.2 Å². The summed E-state index contributed by atoms with van der Waals surface area (Å²) >= 11 is 11.8. The topological polar surface area (TPSA) is 84.5 Å². The van der Waals surface area contributed by atoms with Crippen molar-refractivity contribution in [1.29, 1.82) is 0 Å². The number of hydrogen-bond donors (Lipinski definition) is 2. The molecule has 1 amide bonds. The second-order valence-corrected chi connectivity index (χ2v) is 9.13. The average Bonchev–Trinajstić information content (AvgIpc) is 2.62. The molecule has 0 aromatic heterocycles. The average molecular weight is 445 g/mol. The Bertz CT molecular complexity index is 931. The predicted octanol–water partition coefficient (Wildman–Crippen LogP) is 4.33. The van der Waals surface area contributed by atoms with Crippen LogP contribution in [-0.2, 0) is 14.8 Å². The monoisotopic (exact) mass is 444 g/mol. The Labute approximate surface area is 175 Å². The fourth-order valence-electron chi connectivity index (χ4n) is 2.18. The Morgan fingerprint density at radius 2 is 1.71 bits per heavy atom. The lowest BCUT2D eigenvalue weighted by Crippen LogP contribution is -2.38. The molecule has 2 aromatic rings. The van der Waals surface area contributed by atoms with Crippen molar-refractivity contribution in [1.82, 2.24) is 5.32 Å². The van der Waals surface area contributed by atoms with Crippen LogP contribution in [0.2, 0.25) is 10.0 Å². The second-order valence-electron chi connectivity index (χ2n) is 6.60. The molecule has 0 bridgehead atoms. The van der Waals surface area contributed by atoms with E-state index in [2.05, 4.69) is 10.0 Å². The largest absolute Gasteiger partial charge is 0.481 e. The number of benzene rings is 2. The van der Waals surface area contributed by atoms with Gasteiger partial charge < -0.3 is 10.1 Å². The molecule has 2 aromatic carbocycles. The standard InChI is InChI=1S/C19H22Cl2N2O4S/c1-12(2)11-22-19(24)13(3)27-15-5-7-16(8-6-15)28(25,26)23-18-9-4-14(20)10-17(18)21/h4-10,12-13,23H,11H2,1-3H3,(H,22,24)/t13-/m0/s1. The summed E-state index contributed by atoms with van der Waals surface area (Å²) in [6.07, 6.45) is -0.702. The van der Waals surface area contributed by atoms with Crippen molar-refractivity contribution in [3.8, 4) is 5.75 Å². The molecule has 152 valence electrons. The first-order chi connectivity index (χ1) is 13.1. The number of rotatable bonds is 8. The van der Waals surface area contributed by atoms with Gasteiger partial charge in [-0.15, -0.1) is 0 Å². The minimum Gasteiger partial charge on any atom is -0.481 e. The third kappa shape index (κ3) is 6.29. The van der Waals surface area contributed by atoms with E-state index in [4.69, 9.17) is 27.9 Å². The summed E-state index contributed by atoms with van der Waals surface area (Å²) in [6, 6.07) is 10.2. The van der Waals surface area contributed by atoms with Crippen molar-refractivity contribution in [2.45, 2.75) is 31.8 Å². The summed E-state index contributed by atoms with van der Waals surface area (Å²) in [6.45, 7) is 6.18. The van der Waals surface area contributed by atoms with E-state index in [1.165, 1.54) is 42.5 Å². The zero-order chi connectivity index (χ0) is 20.9. The van der Waals surface area contributed by atoms with Crippen molar-refractivity contribution in [3.63, 3.8) is 0 Å². The van der Waals surface area contributed by atoms with E-state index in [1.807, 2.05) is 13.8 Å². The summed E-state index contributed by atoms with van der Waals surface area (Å²) < 4.78 is 33.0. The zero-order valence-electron chi connectivity index (χ0n) is 15.7. The quantitative estimate of drug-likeness (QED) is 0.634. The van der Waals surface area contributed by atoms with E-state index < -0.39 is 16.1 Å². The molecule has 28 heavy (non-hydrogen) atoms. The lowest BCUT2D eigenvalue weighted by molar-refractivity contribution is -0.127. The summed E-state index contributed by atoms with van der Waals surface area (Å²) in [4.78, 5) is 12.0. The molecule has 2 N–H and O–H groups in total. The molecule has 0 saturated heterocycles. The van der Waals surface area contributed by atoms with E-state index in [-0.39, 0.29) is 21.5 Å². The van der Waals surface area contributed by atoms with Crippen molar-refractivity contribution >= 4 is 44.8 Å². The maximum absolute atomic E-state index is 12.5. The van der Waals surface area contributed by atoms with Crippen LogP contribution in [0.25, 0.3) is 0 Å². The van der Waals surface area contributed by atoms with E-state index >= 15 is 0 Å². The maximum atomic E-state index is 12.5. The van der Waals surface area contributed by atoms with Gasteiger partial charge in [0.15, 0.2) is 6.10 Å². The highest BCUT2D eigenvalue weighted by Gasteiger charge is 2.18. The first kappa shape index (κ1) is 22.3. The molecule has 0 aliphatic rings. The zero-order valence-corrected chi connectivity index (χ0v) is 18.0. The van der Waals surface area contributed by atoms with Crippen molar-refractivity contribution in [3.05, 3.63) is 52.5 Å². The van der Waals surface area contributed by atoms with Gasteiger partial charge in [0.2, 0.25) is 0 Å². The van der Waals surface area contributed by atoms with Gasteiger partial charge in [-0.25, -0.2) is 8.42 Å². The highest BCUT2D eigenvalue weighted by Crippen LogP contribution is 2.28. The van der Waals surface area contributed by atoms with Crippen LogP contribution in [0, 0.1) is 5.92 Å². The van der Waals surface area contributed by atoms with Gasteiger partial charge in [0, 0.05) is 11.6 Å². The SMILES string of the molecule is CC(C)CNC(=O)[C@H](C)Oc1ccc(S(=O)(=O)Nc2ccc(Cl)cc2Cl)cc1. The number of amides is 1. The van der Waals surface area contributed by atoms with E-state index in [1.54, 1.807) is 6.92 Å². The number of ether oxygens (including phenoxy) is 1. The van der Waals surface area contributed by atoms with Gasteiger partial charge in [0.25, 0.3) is 15.9 Å². The van der Waals surface area contributed by atoms with Crippen molar-refractivity contribution in [2.24, 2.45) is 5.92 Å². The normalized spacial score (nSPS) is 12.5. The fourth-order valence-corrected chi connectivity index (χ4v) is 3.77. The molecular weight excluding hydrogens is 423 g/mol. The number of carbonyl (C=O) groups excluding carboxylic acids is 1. The summed E-state index contributed by atoms with van der Waals surface area (Å²) in [5, 5.41) is 3.38. The van der Waals surface area contributed by atoms with Gasteiger partial charge in [-0.3, -0.25) is 9.52 Å². The number of carbonyl (C=O) groups is 1. The van der Waals surface area contributed by atoms with Gasteiger partial charge in [-0.1, -0.05) is 37.0 Å². The first-order valence-electron chi connectivity index (χ1n) is 8.61. The molecule has 0 aliphatic carbocycles. The molecule has 0 saturated carbocycles. The van der Waals surface area contributed by atoms with Crippen LogP contribution in [0.5, 0.6) is 5.75 Å². The number of halogens is 2. The highest BCUT2D eigenvalue weighted by molar-refractivity contribution is 7.92. The third-order valence-electron chi connectivity index (χ3n) is 3.68. The minimum absolute atomic E-state index is 0.0304. The lowest BCUT2D eigenvalue weighted by atomic mass is 10.2. The Hall–Kier alpha value is -1.96. The van der Waals surface area contributed by atoms with Gasteiger partial charge in [0.05, 0.1) is 15.6 Å². The lowest BCUT2D eigenvalue weighted by Gasteiger charge is -2.16. The molecule has 0 aliphatic heterocycles. The third-order valence-corrected chi connectivity index (χ3v) is 5.61. The smallest absolute Gasteiger partial charge is 0.261 e. The molecule has 0 radical (unpaired) electrons. The van der Waals surface area contributed by atoms with Crippen molar-refractivity contribution in [2.75, 3.05) is 11.3 Å². The first-order valence-corrected chi connectivity index (χ1v) is 10.8. The molecule has 0 heterocycles. The van der Waals surface area contributed by atoms with E-state index in [9.17, 15) is 13.2 Å². The molecule has 9 heteroatoms. The molecule has 0 fully saturated rings. The Kier molecular flexibility index (Phi) is 7.57. The predicted molar refractivity (Wildman–Crippen MR) is 112 cm³/mol. The number of hydrogen-bond acceptors (Lipinski definition) is 4.